The number of hydrogen-bond donors (Lipinski definition) is 3. The van der Waals surface area contributed by atoms with Gasteiger partial charge in [-0.25, -0.2) is 14.0 Å². The van der Waals surface area contributed by atoms with Crippen molar-refractivity contribution >= 4 is 29.2 Å². The number of halogens is 4. The number of nitrogens with zero attached hydrogens (tertiary/aromatic N) is 3. The van der Waals surface area contributed by atoms with Crippen LogP contribution < -0.4 is 10.2 Å². The van der Waals surface area contributed by atoms with E-state index in [2.05, 4.69) is 10.4 Å². The quantitative estimate of drug-likeness (QED) is 0.380. The monoisotopic (exact) mass is 538 g/mol. The molecule has 1 amide bonds. The predicted octanol–water partition coefficient (Wildman–Crippen LogP) is 4.44. The molecule has 0 unspecified atom stereocenters. The molecule has 0 aliphatic rings. The molecule has 1 aromatic heterocycles. The van der Waals surface area contributed by atoms with Crippen LogP contribution in [-0.4, -0.2) is 57.6 Å². The topological polar surface area (TPSA) is 125 Å². The van der Waals surface area contributed by atoms with Gasteiger partial charge in [0, 0.05) is 37.6 Å². The summed E-state index contributed by atoms with van der Waals surface area (Å²) in [5.41, 5.74) is 4.46. The van der Waals surface area contributed by atoms with E-state index in [1.807, 2.05) is 37.5 Å². The maximum absolute atomic E-state index is 13.0. The minimum atomic E-state index is -5.08. The Hall–Kier alpha value is -4.42. The van der Waals surface area contributed by atoms with Crippen LogP contribution in [0.1, 0.15) is 37.7 Å². The first-order chi connectivity index (χ1) is 17.6. The average Bonchev–Trinajstić information content (AvgIpc) is 3.08. The molecular formula is C25H26F4N4O5. The Morgan fingerprint density at radius 2 is 1.63 bits per heavy atom. The largest absolute Gasteiger partial charge is 0.490 e. The van der Waals surface area contributed by atoms with E-state index in [4.69, 9.17) is 9.90 Å². The standard InChI is InChI=1S/C23H25FN4O3.C2HF3O2/c1-14-19(15(2)28(4)26-14)11-12-27(3)21-10-9-18(13-20(21)23(30)31)25-22(29)16-5-7-17(24)8-6-16;3-2(4,5)1(6)7/h5-10,13H,11-12H2,1-4H3,(H,25,29)(H,30,31);(H,6,7). The molecule has 13 heteroatoms. The van der Waals surface area contributed by atoms with Gasteiger partial charge in [-0.15, -0.1) is 0 Å². The molecule has 0 atom stereocenters. The number of nitrogens with one attached hydrogen (secondary N) is 1. The summed E-state index contributed by atoms with van der Waals surface area (Å²) in [4.78, 5) is 35.0. The van der Waals surface area contributed by atoms with Crippen LogP contribution in [0.4, 0.5) is 28.9 Å². The predicted molar refractivity (Wildman–Crippen MR) is 131 cm³/mol. The molecular weight excluding hydrogens is 512 g/mol. The van der Waals surface area contributed by atoms with E-state index < -0.39 is 29.8 Å². The molecule has 0 aliphatic carbocycles. The lowest BCUT2D eigenvalue weighted by Crippen LogP contribution is -2.23. The van der Waals surface area contributed by atoms with Crippen LogP contribution in [-0.2, 0) is 18.3 Å². The number of carboxylic acids is 2. The van der Waals surface area contributed by atoms with Gasteiger partial charge in [-0.1, -0.05) is 0 Å². The number of aromatic nitrogens is 2. The number of carbonyl (C=O) groups is 3. The van der Waals surface area contributed by atoms with Gasteiger partial charge >= 0.3 is 18.1 Å². The molecule has 0 fully saturated rings. The number of aromatic carboxylic acids is 1. The van der Waals surface area contributed by atoms with Crippen molar-refractivity contribution in [3.63, 3.8) is 0 Å². The van der Waals surface area contributed by atoms with Crippen molar-refractivity contribution in [1.29, 1.82) is 0 Å². The van der Waals surface area contributed by atoms with Gasteiger partial charge in [0.1, 0.15) is 5.82 Å². The van der Waals surface area contributed by atoms with Gasteiger partial charge in [0.2, 0.25) is 0 Å². The van der Waals surface area contributed by atoms with Crippen LogP contribution >= 0.6 is 0 Å². The van der Waals surface area contributed by atoms with Gasteiger partial charge in [-0.3, -0.25) is 9.48 Å². The summed E-state index contributed by atoms with van der Waals surface area (Å²) in [6.07, 6.45) is -4.36. The second-order valence-electron chi connectivity index (χ2n) is 8.25. The van der Waals surface area contributed by atoms with Gasteiger partial charge in [-0.2, -0.15) is 18.3 Å². The summed E-state index contributed by atoms with van der Waals surface area (Å²) in [6.45, 7) is 4.58. The molecule has 9 nitrogen and oxygen atoms in total. The average molecular weight is 538 g/mol. The maximum Gasteiger partial charge on any atom is 0.490 e. The lowest BCUT2D eigenvalue weighted by molar-refractivity contribution is -0.192. The Morgan fingerprint density at radius 3 is 2.11 bits per heavy atom. The number of alkyl halides is 3. The number of benzene rings is 2. The van der Waals surface area contributed by atoms with Crippen molar-refractivity contribution in [3.8, 4) is 0 Å². The minimum absolute atomic E-state index is 0.0824. The number of anilines is 2. The third-order valence-electron chi connectivity index (χ3n) is 5.60. The first-order valence-corrected chi connectivity index (χ1v) is 11.1. The van der Waals surface area contributed by atoms with E-state index in [9.17, 15) is 32.3 Å². The molecule has 0 spiro atoms. The summed E-state index contributed by atoms with van der Waals surface area (Å²) in [7, 11) is 3.73. The molecule has 0 saturated heterocycles. The van der Waals surface area contributed by atoms with Gasteiger partial charge in [0.05, 0.1) is 16.9 Å². The number of amides is 1. The Balaban J connectivity index is 0.000000638. The molecule has 0 aliphatic heterocycles. The van der Waals surface area contributed by atoms with Crippen LogP contribution in [0, 0.1) is 19.7 Å². The van der Waals surface area contributed by atoms with Crippen LogP contribution in [0.2, 0.25) is 0 Å². The van der Waals surface area contributed by atoms with Crippen molar-refractivity contribution in [1.82, 2.24) is 9.78 Å². The molecule has 0 bridgehead atoms. The van der Waals surface area contributed by atoms with E-state index in [-0.39, 0.29) is 11.1 Å². The second-order valence-corrected chi connectivity index (χ2v) is 8.25. The molecule has 38 heavy (non-hydrogen) atoms. The van der Waals surface area contributed by atoms with Crippen molar-refractivity contribution in [2.75, 3.05) is 23.8 Å². The highest BCUT2D eigenvalue weighted by molar-refractivity contribution is 6.05. The molecule has 2 aromatic carbocycles. The Morgan fingerprint density at radius 1 is 1.05 bits per heavy atom. The molecule has 3 rings (SSSR count). The van der Waals surface area contributed by atoms with Crippen LogP contribution in [0.3, 0.4) is 0 Å². The Labute approximate surface area is 215 Å². The maximum atomic E-state index is 13.0. The Kier molecular flexibility index (Phi) is 9.58. The van der Waals surface area contributed by atoms with Crippen LogP contribution in [0.5, 0.6) is 0 Å². The smallest absolute Gasteiger partial charge is 0.478 e. The summed E-state index contributed by atoms with van der Waals surface area (Å²) in [6, 6.07) is 9.88. The summed E-state index contributed by atoms with van der Waals surface area (Å²) in [5.74, 6) is -4.73. The zero-order valence-electron chi connectivity index (χ0n) is 20.9. The lowest BCUT2D eigenvalue weighted by Gasteiger charge is -2.22. The van der Waals surface area contributed by atoms with Crippen molar-refractivity contribution in [3.05, 3.63) is 76.4 Å². The zero-order chi connectivity index (χ0) is 28.8. The van der Waals surface area contributed by atoms with Gasteiger partial charge < -0.3 is 20.4 Å². The molecule has 1 heterocycles. The highest BCUT2D eigenvalue weighted by atomic mass is 19.4. The van der Waals surface area contributed by atoms with E-state index >= 15 is 0 Å². The zero-order valence-corrected chi connectivity index (χ0v) is 20.9. The van der Waals surface area contributed by atoms with Gasteiger partial charge in [0.15, 0.2) is 0 Å². The van der Waals surface area contributed by atoms with Gasteiger partial charge in [-0.05, 0) is 68.3 Å². The number of carboxylic acid groups (broad SMARTS) is 2. The lowest BCUT2D eigenvalue weighted by atomic mass is 10.1. The first kappa shape index (κ1) is 29.8. The molecule has 204 valence electrons. The normalized spacial score (nSPS) is 10.8. The van der Waals surface area contributed by atoms with Crippen LogP contribution in [0.25, 0.3) is 0 Å². The summed E-state index contributed by atoms with van der Waals surface area (Å²) < 4.78 is 46.6. The van der Waals surface area contributed by atoms with Crippen LogP contribution in [0.15, 0.2) is 42.5 Å². The molecule has 0 radical (unpaired) electrons. The first-order valence-electron chi connectivity index (χ1n) is 11.1. The summed E-state index contributed by atoms with van der Waals surface area (Å²) >= 11 is 0. The fourth-order valence-corrected chi connectivity index (χ4v) is 3.50. The van der Waals surface area contributed by atoms with E-state index in [0.29, 0.717) is 17.9 Å². The van der Waals surface area contributed by atoms with E-state index in [0.717, 1.165) is 23.4 Å². The number of carbonyl (C=O) groups excluding carboxylic acids is 1. The number of aryl methyl sites for hydroxylation is 2. The third-order valence-corrected chi connectivity index (χ3v) is 5.60. The highest BCUT2D eigenvalue weighted by Crippen LogP contribution is 2.25. The fraction of sp³-hybridized carbons (Fsp3) is 0.280. The number of rotatable bonds is 7. The van der Waals surface area contributed by atoms with E-state index in [1.165, 1.54) is 30.3 Å². The molecule has 3 aromatic rings. The Bertz CT molecular complexity index is 1320. The fourth-order valence-electron chi connectivity index (χ4n) is 3.50. The number of likely N-dealkylation sites (N-methyl/N-ethyl adjacent to an activating group) is 1. The van der Waals surface area contributed by atoms with Crippen molar-refractivity contribution < 1.29 is 42.2 Å². The second kappa shape index (κ2) is 12.2. The van der Waals surface area contributed by atoms with Crippen molar-refractivity contribution in [2.45, 2.75) is 26.4 Å². The SMILES string of the molecule is Cc1nn(C)c(C)c1CCN(C)c1ccc(NC(=O)c2ccc(F)cc2)cc1C(=O)O.O=C(O)C(F)(F)F. The number of aliphatic carboxylic acids is 1. The van der Waals surface area contributed by atoms with Crippen molar-refractivity contribution in [2.24, 2.45) is 7.05 Å². The molecule has 3 N–H and O–H groups in total. The third kappa shape index (κ3) is 7.79. The highest BCUT2D eigenvalue weighted by Gasteiger charge is 2.38. The minimum Gasteiger partial charge on any atom is -0.478 e. The van der Waals surface area contributed by atoms with E-state index in [1.54, 1.807) is 12.1 Å². The van der Waals surface area contributed by atoms with Gasteiger partial charge in [0.25, 0.3) is 5.91 Å². The summed E-state index contributed by atoms with van der Waals surface area (Å²) in [5, 5.41) is 23.9. The number of hydrogen-bond acceptors (Lipinski definition) is 5. The molecule has 0 saturated carbocycles.